The summed E-state index contributed by atoms with van der Waals surface area (Å²) < 4.78 is 10.5. The van der Waals surface area contributed by atoms with E-state index in [0.717, 1.165) is 11.3 Å². The molecule has 2 heterocycles. The zero-order chi connectivity index (χ0) is 13.2. The van der Waals surface area contributed by atoms with E-state index in [0.29, 0.717) is 25.3 Å². The minimum atomic E-state index is -0.386. The smallest absolute Gasteiger partial charge is 0.246 e. The number of aliphatic hydroxyl groups excluding tert-OH is 1. The van der Waals surface area contributed by atoms with Gasteiger partial charge in [0.05, 0.1) is 6.10 Å². The van der Waals surface area contributed by atoms with Gasteiger partial charge in [0.1, 0.15) is 0 Å². The van der Waals surface area contributed by atoms with Crippen molar-refractivity contribution in [3.63, 3.8) is 0 Å². The van der Waals surface area contributed by atoms with Crippen LogP contribution in [0.25, 0.3) is 6.08 Å². The molecule has 0 unspecified atom stereocenters. The van der Waals surface area contributed by atoms with Crippen molar-refractivity contribution in [2.75, 3.05) is 19.9 Å². The summed E-state index contributed by atoms with van der Waals surface area (Å²) >= 11 is 0. The summed E-state index contributed by atoms with van der Waals surface area (Å²) in [4.78, 5) is 13.5. The van der Waals surface area contributed by atoms with Crippen LogP contribution in [0.4, 0.5) is 0 Å². The molecule has 0 spiro atoms. The Kier molecular flexibility index (Phi) is 3.13. The van der Waals surface area contributed by atoms with Crippen LogP contribution in [0.1, 0.15) is 12.0 Å². The van der Waals surface area contributed by atoms with Crippen molar-refractivity contribution in [1.82, 2.24) is 4.90 Å². The van der Waals surface area contributed by atoms with Crippen LogP contribution in [0.2, 0.25) is 0 Å². The molecule has 3 rings (SSSR count). The Morgan fingerprint density at radius 2 is 2.21 bits per heavy atom. The quantitative estimate of drug-likeness (QED) is 0.808. The Balaban J connectivity index is 1.67. The number of nitrogens with zero attached hydrogens (tertiary/aromatic N) is 1. The van der Waals surface area contributed by atoms with E-state index in [1.807, 2.05) is 18.2 Å². The lowest BCUT2D eigenvalue weighted by molar-refractivity contribution is -0.125. The molecule has 2 aliphatic heterocycles. The number of aliphatic hydroxyl groups is 1. The lowest BCUT2D eigenvalue weighted by Gasteiger charge is -2.12. The fourth-order valence-corrected chi connectivity index (χ4v) is 2.23. The number of carbonyl (C=O) groups excluding carboxylic acids is 1. The SMILES string of the molecule is O=C(C=Cc1ccc2c(c1)OCO2)N1CC[C@@H](O)C1. The van der Waals surface area contributed by atoms with Crippen molar-refractivity contribution in [2.24, 2.45) is 0 Å². The minimum absolute atomic E-state index is 0.0748. The molecule has 1 N–H and O–H groups in total. The van der Waals surface area contributed by atoms with Crippen LogP contribution in [0.5, 0.6) is 11.5 Å². The van der Waals surface area contributed by atoms with Gasteiger partial charge in [0.15, 0.2) is 11.5 Å². The summed E-state index contributed by atoms with van der Waals surface area (Å²) in [5.74, 6) is 1.35. The fourth-order valence-electron chi connectivity index (χ4n) is 2.23. The van der Waals surface area contributed by atoms with Crippen molar-refractivity contribution < 1.29 is 19.4 Å². The van der Waals surface area contributed by atoms with Crippen LogP contribution in [0.15, 0.2) is 24.3 Å². The molecule has 2 aliphatic rings. The van der Waals surface area contributed by atoms with Gasteiger partial charge in [-0.25, -0.2) is 0 Å². The van der Waals surface area contributed by atoms with E-state index >= 15 is 0 Å². The van der Waals surface area contributed by atoms with Crippen molar-refractivity contribution >= 4 is 12.0 Å². The Bertz CT molecular complexity index is 526. The first-order valence-electron chi connectivity index (χ1n) is 6.27. The predicted octanol–water partition coefficient (Wildman–Crippen LogP) is 1.02. The van der Waals surface area contributed by atoms with Gasteiger partial charge in [0.25, 0.3) is 0 Å². The van der Waals surface area contributed by atoms with Crippen molar-refractivity contribution in [1.29, 1.82) is 0 Å². The maximum absolute atomic E-state index is 11.9. The summed E-state index contributed by atoms with van der Waals surface area (Å²) in [6, 6.07) is 5.53. The van der Waals surface area contributed by atoms with Crippen molar-refractivity contribution in [2.45, 2.75) is 12.5 Å². The van der Waals surface area contributed by atoms with Crippen LogP contribution in [0.3, 0.4) is 0 Å². The molecule has 5 heteroatoms. The first kappa shape index (κ1) is 12.0. The molecule has 1 atom stereocenters. The average molecular weight is 261 g/mol. The third kappa shape index (κ3) is 2.56. The highest BCUT2D eigenvalue weighted by Gasteiger charge is 2.22. The molecule has 1 fully saturated rings. The highest BCUT2D eigenvalue weighted by atomic mass is 16.7. The lowest BCUT2D eigenvalue weighted by Crippen LogP contribution is -2.27. The number of fused-ring (bicyclic) bond motifs is 1. The second-order valence-electron chi connectivity index (χ2n) is 4.67. The number of amides is 1. The number of likely N-dealkylation sites (tertiary alicyclic amines) is 1. The lowest BCUT2D eigenvalue weighted by atomic mass is 10.2. The Morgan fingerprint density at radius 1 is 1.37 bits per heavy atom. The van der Waals surface area contributed by atoms with Gasteiger partial charge >= 0.3 is 0 Å². The Labute approximate surface area is 111 Å². The molecular weight excluding hydrogens is 246 g/mol. The van der Waals surface area contributed by atoms with Crippen molar-refractivity contribution in [3.05, 3.63) is 29.8 Å². The van der Waals surface area contributed by atoms with Gasteiger partial charge in [-0.1, -0.05) is 6.07 Å². The number of hydrogen-bond acceptors (Lipinski definition) is 4. The van der Waals surface area contributed by atoms with E-state index in [-0.39, 0.29) is 18.8 Å². The second-order valence-corrected chi connectivity index (χ2v) is 4.67. The molecule has 0 saturated carbocycles. The minimum Gasteiger partial charge on any atom is -0.454 e. The van der Waals surface area contributed by atoms with Crippen LogP contribution in [-0.4, -0.2) is 41.9 Å². The Hall–Kier alpha value is -2.01. The zero-order valence-electron chi connectivity index (χ0n) is 10.4. The molecule has 1 aromatic carbocycles. The number of β-amino-alcohol motifs (C(OH)–C–C–N with tert-alkyl or cyclic N) is 1. The molecule has 0 aromatic heterocycles. The van der Waals surface area contributed by atoms with Crippen LogP contribution < -0.4 is 9.47 Å². The number of rotatable bonds is 2. The van der Waals surface area contributed by atoms with Gasteiger partial charge in [-0.15, -0.1) is 0 Å². The molecule has 0 radical (unpaired) electrons. The fraction of sp³-hybridized carbons (Fsp3) is 0.357. The molecule has 0 aliphatic carbocycles. The van der Waals surface area contributed by atoms with Crippen molar-refractivity contribution in [3.8, 4) is 11.5 Å². The van der Waals surface area contributed by atoms with Gasteiger partial charge in [-0.05, 0) is 30.2 Å². The molecule has 100 valence electrons. The summed E-state index contributed by atoms with van der Waals surface area (Å²) in [6.07, 6.45) is 3.54. The van der Waals surface area contributed by atoms with E-state index in [1.165, 1.54) is 6.08 Å². The number of hydrogen-bond donors (Lipinski definition) is 1. The van der Waals surface area contributed by atoms with Crippen LogP contribution >= 0.6 is 0 Å². The van der Waals surface area contributed by atoms with Gasteiger partial charge in [-0.2, -0.15) is 0 Å². The van der Waals surface area contributed by atoms with Crippen LogP contribution in [-0.2, 0) is 4.79 Å². The average Bonchev–Trinajstić information content (AvgIpc) is 3.03. The predicted molar refractivity (Wildman–Crippen MR) is 68.8 cm³/mol. The van der Waals surface area contributed by atoms with Gasteiger partial charge in [-0.3, -0.25) is 4.79 Å². The summed E-state index contributed by atoms with van der Waals surface area (Å²) in [5.41, 5.74) is 0.886. The first-order valence-corrected chi connectivity index (χ1v) is 6.27. The van der Waals surface area contributed by atoms with E-state index in [2.05, 4.69) is 0 Å². The van der Waals surface area contributed by atoms with Gasteiger partial charge < -0.3 is 19.5 Å². The summed E-state index contributed by atoms with van der Waals surface area (Å²) in [6.45, 7) is 1.28. The Morgan fingerprint density at radius 3 is 3.00 bits per heavy atom. The molecule has 5 nitrogen and oxygen atoms in total. The largest absolute Gasteiger partial charge is 0.454 e. The van der Waals surface area contributed by atoms with E-state index < -0.39 is 0 Å². The highest BCUT2D eigenvalue weighted by molar-refractivity contribution is 5.92. The monoisotopic (exact) mass is 261 g/mol. The molecule has 19 heavy (non-hydrogen) atoms. The first-order chi connectivity index (χ1) is 9.22. The van der Waals surface area contributed by atoms with Gasteiger partial charge in [0, 0.05) is 19.2 Å². The van der Waals surface area contributed by atoms with Crippen LogP contribution in [0, 0.1) is 0 Å². The highest BCUT2D eigenvalue weighted by Crippen LogP contribution is 2.32. The molecule has 1 saturated heterocycles. The second kappa shape index (κ2) is 4.93. The number of benzene rings is 1. The molecule has 1 amide bonds. The third-order valence-corrected chi connectivity index (χ3v) is 3.29. The zero-order valence-corrected chi connectivity index (χ0v) is 10.4. The molecular formula is C14H15NO4. The third-order valence-electron chi connectivity index (χ3n) is 3.29. The molecule has 1 aromatic rings. The summed E-state index contributed by atoms with van der Waals surface area (Å²) in [7, 11) is 0. The maximum Gasteiger partial charge on any atom is 0.246 e. The van der Waals surface area contributed by atoms with Gasteiger partial charge in [0.2, 0.25) is 12.7 Å². The van der Waals surface area contributed by atoms with E-state index in [9.17, 15) is 9.90 Å². The normalized spacial score (nSPS) is 21.3. The number of carbonyl (C=O) groups is 1. The topological polar surface area (TPSA) is 59.0 Å². The molecule has 0 bridgehead atoms. The number of ether oxygens (including phenoxy) is 2. The summed E-state index contributed by atoms with van der Waals surface area (Å²) in [5, 5.41) is 9.39. The maximum atomic E-state index is 11.9. The van der Waals surface area contributed by atoms with E-state index in [1.54, 1.807) is 11.0 Å². The standard InChI is InChI=1S/C14H15NO4/c16-11-5-6-15(8-11)14(17)4-2-10-1-3-12-13(7-10)19-9-18-12/h1-4,7,11,16H,5-6,8-9H2/t11-/m1/s1. The van der Waals surface area contributed by atoms with E-state index in [4.69, 9.17) is 9.47 Å².